The number of aryl methyl sites for hydroxylation is 2. The third-order valence-corrected chi connectivity index (χ3v) is 5.95. The number of rotatable bonds is 7. The lowest BCUT2D eigenvalue weighted by molar-refractivity contribution is -0.121. The Morgan fingerprint density at radius 2 is 1.64 bits per heavy atom. The summed E-state index contributed by atoms with van der Waals surface area (Å²) < 4.78 is 12.1. The van der Waals surface area contributed by atoms with E-state index in [4.69, 9.17) is 21.7 Å². The molecule has 0 aromatic heterocycles. The monoisotopic (exact) mass is 413 g/mol. The average Bonchev–Trinajstić information content (AvgIpc) is 2.92. The largest absolute Gasteiger partial charge is 0.493 e. The van der Waals surface area contributed by atoms with E-state index in [0.717, 1.165) is 23.5 Å². The van der Waals surface area contributed by atoms with Crippen LogP contribution in [0.25, 0.3) is 6.08 Å². The molecule has 1 saturated heterocycles. The smallest absolute Gasteiger partial charge is 0.265 e. The molecule has 2 aromatic rings. The number of thioether (sulfide) groups is 1. The number of likely N-dealkylation sites (N-methyl/N-ethyl adjacent to an activating group) is 1. The minimum Gasteiger partial charge on any atom is -0.493 e. The van der Waals surface area contributed by atoms with Gasteiger partial charge in [0.2, 0.25) is 0 Å². The third kappa shape index (κ3) is 5.14. The molecule has 1 amide bonds. The zero-order valence-corrected chi connectivity index (χ0v) is 17.9. The number of carbonyl (C=O) groups is 1. The standard InChI is InChI=1S/C22H23NO3S2/c1-15-5-8-19(13-16(15)2)26-12-4-11-25-18-9-6-17(7-10-18)14-20-21(24)23(3)22(27)28-20/h5-10,13-14H,4,11-12H2,1-3H3. The Morgan fingerprint density at radius 3 is 2.25 bits per heavy atom. The molecule has 1 aliphatic heterocycles. The first-order valence-corrected chi connectivity index (χ1v) is 10.3. The van der Waals surface area contributed by atoms with Crippen LogP contribution in [0, 0.1) is 13.8 Å². The van der Waals surface area contributed by atoms with Gasteiger partial charge in [0.25, 0.3) is 5.91 Å². The van der Waals surface area contributed by atoms with Gasteiger partial charge in [0.1, 0.15) is 15.8 Å². The highest BCUT2D eigenvalue weighted by molar-refractivity contribution is 8.26. The summed E-state index contributed by atoms with van der Waals surface area (Å²) in [6, 6.07) is 13.8. The second kappa shape index (κ2) is 9.26. The fourth-order valence-electron chi connectivity index (χ4n) is 2.60. The van der Waals surface area contributed by atoms with E-state index >= 15 is 0 Å². The summed E-state index contributed by atoms with van der Waals surface area (Å²) in [4.78, 5) is 14.2. The molecule has 1 fully saturated rings. The molecule has 1 heterocycles. The maximum Gasteiger partial charge on any atom is 0.265 e. The lowest BCUT2D eigenvalue weighted by atomic mass is 10.1. The first-order valence-electron chi connectivity index (χ1n) is 9.08. The fraction of sp³-hybridized carbons (Fsp3) is 0.273. The number of hydrogen-bond acceptors (Lipinski definition) is 5. The molecule has 0 unspecified atom stereocenters. The van der Waals surface area contributed by atoms with Gasteiger partial charge in [-0.25, -0.2) is 0 Å². The van der Waals surface area contributed by atoms with E-state index in [1.54, 1.807) is 7.05 Å². The van der Waals surface area contributed by atoms with Crippen LogP contribution in [0.5, 0.6) is 11.5 Å². The van der Waals surface area contributed by atoms with Crippen molar-refractivity contribution in [3.63, 3.8) is 0 Å². The van der Waals surface area contributed by atoms with Crippen molar-refractivity contribution in [2.45, 2.75) is 20.3 Å². The Morgan fingerprint density at radius 1 is 1.00 bits per heavy atom. The molecule has 0 atom stereocenters. The Kier molecular flexibility index (Phi) is 6.75. The van der Waals surface area contributed by atoms with Gasteiger partial charge in [0.15, 0.2) is 0 Å². The van der Waals surface area contributed by atoms with Gasteiger partial charge in [-0.1, -0.05) is 42.2 Å². The maximum atomic E-state index is 12.0. The first-order chi connectivity index (χ1) is 13.4. The molecular weight excluding hydrogens is 390 g/mol. The van der Waals surface area contributed by atoms with Gasteiger partial charge in [-0.3, -0.25) is 9.69 Å². The number of nitrogens with zero attached hydrogens (tertiary/aromatic N) is 1. The van der Waals surface area contributed by atoms with Crippen molar-refractivity contribution in [2.24, 2.45) is 0 Å². The zero-order valence-electron chi connectivity index (χ0n) is 16.2. The predicted molar refractivity (Wildman–Crippen MR) is 119 cm³/mol. The van der Waals surface area contributed by atoms with E-state index in [2.05, 4.69) is 26.0 Å². The summed E-state index contributed by atoms with van der Waals surface area (Å²) in [6.07, 6.45) is 2.65. The fourth-order valence-corrected chi connectivity index (χ4v) is 3.78. The molecule has 1 aliphatic rings. The molecule has 2 aromatic carbocycles. The highest BCUT2D eigenvalue weighted by atomic mass is 32.2. The van der Waals surface area contributed by atoms with Crippen molar-refractivity contribution < 1.29 is 14.3 Å². The van der Waals surface area contributed by atoms with Crippen LogP contribution in [0.2, 0.25) is 0 Å². The summed E-state index contributed by atoms with van der Waals surface area (Å²) in [6.45, 7) is 5.36. The van der Waals surface area contributed by atoms with Crippen molar-refractivity contribution >= 4 is 40.3 Å². The lowest BCUT2D eigenvalue weighted by Crippen LogP contribution is -2.22. The van der Waals surface area contributed by atoms with Gasteiger partial charge in [-0.05, 0) is 60.9 Å². The number of benzene rings is 2. The summed E-state index contributed by atoms with van der Waals surface area (Å²) in [5.74, 6) is 1.63. The Bertz CT molecular complexity index is 906. The van der Waals surface area contributed by atoms with Crippen molar-refractivity contribution in [1.82, 2.24) is 4.90 Å². The van der Waals surface area contributed by atoms with Gasteiger partial charge in [0, 0.05) is 13.5 Å². The Hall–Kier alpha value is -2.31. The highest BCUT2D eigenvalue weighted by Crippen LogP contribution is 2.31. The first kappa shape index (κ1) is 20.4. The molecule has 4 nitrogen and oxygen atoms in total. The highest BCUT2D eigenvalue weighted by Gasteiger charge is 2.28. The SMILES string of the molecule is Cc1ccc(OCCCOc2ccc(C=C3SC(=S)N(C)C3=O)cc2)cc1C. The van der Waals surface area contributed by atoms with E-state index < -0.39 is 0 Å². The summed E-state index contributed by atoms with van der Waals surface area (Å²) in [5, 5.41) is 0. The molecule has 28 heavy (non-hydrogen) atoms. The van der Waals surface area contributed by atoms with E-state index in [-0.39, 0.29) is 5.91 Å². The van der Waals surface area contributed by atoms with Crippen LogP contribution in [-0.4, -0.2) is 35.4 Å². The van der Waals surface area contributed by atoms with Crippen molar-refractivity contribution in [3.8, 4) is 11.5 Å². The van der Waals surface area contributed by atoms with Crippen LogP contribution < -0.4 is 9.47 Å². The topological polar surface area (TPSA) is 38.8 Å². The van der Waals surface area contributed by atoms with E-state index in [1.165, 1.54) is 27.8 Å². The molecule has 0 aliphatic carbocycles. The van der Waals surface area contributed by atoms with Gasteiger partial charge < -0.3 is 9.47 Å². The van der Waals surface area contributed by atoms with Crippen LogP contribution in [0.4, 0.5) is 0 Å². The van der Waals surface area contributed by atoms with Gasteiger partial charge >= 0.3 is 0 Å². The molecule has 6 heteroatoms. The van der Waals surface area contributed by atoms with Gasteiger partial charge in [-0.2, -0.15) is 0 Å². The maximum absolute atomic E-state index is 12.0. The second-order valence-electron chi connectivity index (χ2n) is 6.61. The number of ether oxygens (including phenoxy) is 2. The Balaban J connectivity index is 1.44. The lowest BCUT2D eigenvalue weighted by Gasteiger charge is -2.09. The molecule has 0 radical (unpaired) electrons. The summed E-state index contributed by atoms with van der Waals surface area (Å²) >= 11 is 6.47. The van der Waals surface area contributed by atoms with Gasteiger partial charge in [0.05, 0.1) is 18.1 Å². The average molecular weight is 414 g/mol. The number of carbonyl (C=O) groups excluding carboxylic acids is 1. The van der Waals surface area contributed by atoms with Crippen molar-refractivity contribution in [1.29, 1.82) is 0 Å². The molecule has 0 saturated carbocycles. The minimum atomic E-state index is -0.0564. The molecular formula is C22H23NO3S2. The Labute approximate surface area is 175 Å². The van der Waals surface area contributed by atoms with Gasteiger partial charge in [-0.15, -0.1) is 0 Å². The number of amides is 1. The van der Waals surface area contributed by atoms with Crippen molar-refractivity contribution in [3.05, 3.63) is 64.1 Å². The quantitative estimate of drug-likeness (QED) is 0.364. The predicted octanol–water partition coefficient (Wildman–Crippen LogP) is 4.98. The van der Waals surface area contributed by atoms with E-state index in [9.17, 15) is 4.79 Å². The molecule has 146 valence electrons. The van der Waals surface area contributed by atoms with E-state index in [0.29, 0.717) is 22.4 Å². The van der Waals surface area contributed by atoms with Crippen LogP contribution in [-0.2, 0) is 4.79 Å². The number of thiocarbonyl (C=S) groups is 1. The molecule has 3 rings (SSSR count). The minimum absolute atomic E-state index is 0.0564. The molecule has 0 bridgehead atoms. The summed E-state index contributed by atoms with van der Waals surface area (Å²) in [7, 11) is 1.69. The normalized spacial score (nSPS) is 15.4. The third-order valence-electron chi connectivity index (χ3n) is 4.47. The van der Waals surface area contributed by atoms with Crippen LogP contribution >= 0.6 is 24.0 Å². The number of hydrogen-bond donors (Lipinski definition) is 0. The molecule has 0 spiro atoms. The zero-order chi connectivity index (χ0) is 20.1. The van der Waals surface area contributed by atoms with Crippen LogP contribution in [0.1, 0.15) is 23.1 Å². The van der Waals surface area contributed by atoms with Crippen molar-refractivity contribution in [2.75, 3.05) is 20.3 Å². The summed E-state index contributed by atoms with van der Waals surface area (Å²) in [5.41, 5.74) is 3.44. The van der Waals surface area contributed by atoms with E-state index in [1.807, 2.05) is 36.4 Å². The van der Waals surface area contributed by atoms with Crippen LogP contribution in [0.3, 0.4) is 0 Å². The van der Waals surface area contributed by atoms with Crippen LogP contribution in [0.15, 0.2) is 47.4 Å². The molecule has 0 N–H and O–H groups in total. The second-order valence-corrected chi connectivity index (χ2v) is 8.28.